The van der Waals surface area contributed by atoms with E-state index in [1.165, 1.54) is 0 Å². The Labute approximate surface area is 119 Å². The number of halogens is 1. The van der Waals surface area contributed by atoms with E-state index in [-0.39, 0.29) is 6.03 Å². The molecule has 106 valence electrons. The SMILES string of the molecule is CCOCCCNC(=O)N(C)Cc1ccc(Cl)cc1. The van der Waals surface area contributed by atoms with Crippen molar-refractivity contribution in [3.8, 4) is 0 Å². The molecule has 0 aliphatic heterocycles. The predicted molar refractivity (Wildman–Crippen MR) is 77.4 cm³/mol. The number of carbonyl (C=O) groups is 1. The van der Waals surface area contributed by atoms with Crippen LogP contribution in [0.3, 0.4) is 0 Å². The highest BCUT2D eigenvalue weighted by Crippen LogP contribution is 2.10. The van der Waals surface area contributed by atoms with Crippen LogP contribution in [0.5, 0.6) is 0 Å². The molecule has 4 nitrogen and oxygen atoms in total. The summed E-state index contributed by atoms with van der Waals surface area (Å²) in [6.07, 6.45) is 0.828. The summed E-state index contributed by atoms with van der Waals surface area (Å²) in [6.45, 7) is 4.54. The standard InChI is InChI=1S/C14H21ClN2O2/c1-3-19-10-4-9-16-14(18)17(2)11-12-5-7-13(15)8-6-12/h5-8H,3-4,9-11H2,1-2H3,(H,16,18). The fourth-order valence-electron chi connectivity index (χ4n) is 1.58. The van der Waals surface area contributed by atoms with Crippen molar-refractivity contribution in [1.82, 2.24) is 10.2 Å². The Morgan fingerprint density at radius 3 is 2.68 bits per heavy atom. The third-order valence-electron chi connectivity index (χ3n) is 2.63. The molecule has 0 aliphatic rings. The van der Waals surface area contributed by atoms with Crippen LogP contribution in [-0.4, -0.2) is 37.7 Å². The molecule has 5 heteroatoms. The van der Waals surface area contributed by atoms with E-state index in [0.29, 0.717) is 31.3 Å². The Bertz CT molecular complexity index is 382. The first-order chi connectivity index (χ1) is 9.13. The molecular weight excluding hydrogens is 264 g/mol. The number of urea groups is 1. The molecule has 0 radical (unpaired) electrons. The Balaban J connectivity index is 2.26. The van der Waals surface area contributed by atoms with Crippen molar-refractivity contribution in [3.05, 3.63) is 34.9 Å². The van der Waals surface area contributed by atoms with E-state index in [9.17, 15) is 4.79 Å². The molecule has 0 fully saturated rings. The number of amides is 2. The van der Waals surface area contributed by atoms with Crippen LogP contribution >= 0.6 is 11.6 Å². The average Bonchev–Trinajstić information content (AvgIpc) is 2.41. The lowest BCUT2D eigenvalue weighted by Crippen LogP contribution is -2.37. The molecule has 0 atom stereocenters. The number of carbonyl (C=O) groups excluding carboxylic acids is 1. The molecule has 1 aromatic rings. The van der Waals surface area contributed by atoms with Gasteiger partial charge in [0, 0.05) is 38.4 Å². The van der Waals surface area contributed by atoms with Crippen molar-refractivity contribution in [2.75, 3.05) is 26.8 Å². The second kappa shape index (κ2) is 8.77. The highest BCUT2D eigenvalue weighted by atomic mass is 35.5. The summed E-state index contributed by atoms with van der Waals surface area (Å²) in [5, 5.41) is 3.55. The quantitative estimate of drug-likeness (QED) is 0.782. The van der Waals surface area contributed by atoms with Gasteiger partial charge in [-0.1, -0.05) is 23.7 Å². The molecule has 1 N–H and O–H groups in total. The van der Waals surface area contributed by atoms with E-state index in [1.807, 2.05) is 31.2 Å². The Morgan fingerprint density at radius 2 is 2.05 bits per heavy atom. The van der Waals surface area contributed by atoms with E-state index in [0.717, 1.165) is 12.0 Å². The topological polar surface area (TPSA) is 41.6 Å². The van der Waals surface area contributed by atoms with Gasteiger partial charge in [-0.3, -0.25) is 0 Å². The van der Waals surface area contributed by atoms with Crippen molar-refractivity contribution in [3.63, 3.8) is 0 Å². The van der Waals surface area contributed by atoms with Gasteiger partial charge in [-0.05, 0) is 31.0 Å². The number of hydrogen-bond donors (Lipinski definition) is 1. The molecule has 0 saturated heterocycles. The van der Waals surface area contributed by atoms with E-state index in [2.05, 4.69) is 5.32 Å². The summed E-state index contributed by atoms with van der Waals surface area (Å²) in [7, 11) is 1.77. The minimum Gasteiger partial charge on any atom is -0.382 e. The van der Waals surface area contributed by atoms with Crippen molar-refractivity contribution < 1.29 is 9.53 Å². The molecule has 0 saturated carbocycles. The van der Waals surface area contributed by atoms with Crippen LogP contribution in [0.4, 0.5) is 4.79 Å². The van der Waals surface area contributed by atoms with Crippen LogP contribution in [0.15, 0.2) is 24.3 Å². The number of hydrogen-bond acceptors (Lipinski definition) is 2. The van der Waals surface area contributed by atoms with Gasteiger partial charge in [0.2, 0.25) is 0 Å². The zero-order valence-corrected chi connectivity index (χ0v) is 12.2. The van der Waals surface area contributed by atoms with Crippen LogP contribution in [0.25, 0.3) is 0 Å². The Hall–Kier alpha value is -1.26. The largest absolute Gasteiger partial charge is 0.382 e. The first kappa shape index (κ1) is 15.8. The van der Waals surface area contributed by atoms with Crippen LogP contribution < -0.4 is 5.32 Å². The van der Waals surface area contributed by atoms with Crippen molar-refractivity contribution >= 4 is 17.6 Å². The Kier molecular flexibility index (Phi) is 7.30. The fourth-order valence-corrected chi connectivity index (χ4v) is 1.71. The summed E-state index contributed by atoms with van der Waals surface area (Å²) in [4.78, 5) is 13.4. The zero-order chi connectivity index (χ0) is 14.1. The fraction of sp³-hybridized carbons (Fsp3) is 0.500. The van der Waals surface area contributed by atoms with Gasteiger partial charge < -0.3 is 15.0 Å². The van der Waals surface area contributed by atoms with E-state index >= 15 is 0 Å². The number of benzene rings is 1. The predicted octanol–water partition coefficient (Wildman–Crippen LogP) is 2.91. The second-order valence-corrected chi connectivity index (χ2v) is 4.70. The summed E-state index contributed by atoms with van der Waals surface area (Å²) in [5.74, 6) is 0. The monoisotopic (exact) mass is 284 g/mol. The smallest absolute Gasteiger partial charge is 0.317 e. The van der Waals surface area contributed by atoms with Crippen LogP contribution in [0.2, 0.25) is 5.02 Å². The maximum absolute atomic E-state index is 11.8. The average molecular weight is 285 g/mol. The Morgan fingerprint density at radius 1 is 1.37 bits per heavy atom. The summed E-state index contributed by atoms with van der Waals surface area (Å²) in [5.41, 5.74) is 1.05. The molecule has 0 heterocycles. The lowest BCUT2D eigenvalue weighted by Gasteiger charge is -2.18. The molecule has 1 rings (SSSR count). The van der Waals surface area contributed by atoms with E-state index in [4.69, 9.17) is 16.3 Å². The lowest BCUT2D eigenvalue weighted by atomic mass is 10.2. The maximum Gasteiger partial charge on any atom is 0.317 e. The van der Waals surface area contributed by atoms with Gasteiger partial charge in [-0.25, -0.2) is 4.79 Å². The lowest BCUT2D eigenvalue weighted by molar-refractivity contribution is 0.144. The summed E-state index contributed by atoms with van der Waals surface area (Å²) in [6, 6.07) is 7.41. The normalized spacial score (nSPS) is 10.3. The number of nitrogens with one attached hydrogen (secondary N) is 1. The van der Waals surface area contributed by atoms with Gasteiger partial charge >= 0.3 is 6.03 Å². The molecule has 0 aromatic heterocycles. The first-order valence-corrected chi connectivity index (χ1v) is 6.82. The minimum absolute atomic E-state index is 0.0774. The highest BCUT2D eigenvalue weighted by molar-refractivity contribution is 6.30. The third-order valence-corrected chi connectivity index (χ3v) is 2.88. The third kappa shape index (κ3) is 6.45. The van der Waals surface area contributed by atoms with Crippen molar-refractivity contribution in [2.45, 2.75) is 19.9 Å². The zero-order valence-electron chi connectivity index (χ0n) is 11.5. The van der Waals surface area contributed by atoms with Gasteiger partial charge in [-0.2, -0.15) is 0 Å². The highest BCUT2D eigenvalue weighted by Gasteiger charge is 2.07. The van der Waals surface area contributed by atoms with Gasteiger partial charge in [0.25, 0.3) is 0 Å². The van der Waals surface area contributed by atoms with Crippen LogP contribution in [0, 0.1) is 0 Å². The molecule has 0 bridgehead atoms. The van der Waals surface area contributed by atoms with Gasteiger partial charge in [0.05, 0.1) is 0 Å². The molecule has 0 aliphatic carbocycles. The summed E-state index contributed by atoms with van der Waals surface area (Å²) < 4.78 is 5.21. The molecule has 19 heavy (non-hydrogen) atoms. The molecule has 0 unspecified atom stereocenters. The molecule has 1 aromatic carbocycles. The molecule has 2 amide bonds. The minimum atomic E-state index is -0.0774. The van der Waals surface area contributed by atoms with Gasteiger partial charge in [0.15, 0.2) is 0 Å². The molecular formula is C14H21ClN2O2. The van der Waals surface area contributed by atoms with Crippen LogP contribution in [-0.2, 0) is 11.3 Å². The number of ether oxygens (including phenoxy) is 1. The number of nitrogens with zero attached hydrogens (tertiary/aromatic N) is 1. The second-order valence-electron chi connectivity index (χ2n) is 4.26. The number of rotatable bonds is 7. The first-order valence-electron chi connectivity index (χ1n) is 6.44. The van der Waals surface area contributed by atoms with Gasteiger partial charge in [0.1, 0.15) is 0 Å². The van der Waals surface area contributed by atoms with Crippen molar-refractivity contribution in [2.24, 2.45) is 0 Å². The van der Waals surface area contributed by atoms with Crippen molar-refractivity contribution in [1.29, 1.82) is 0 Å². The van der Waals surface area contributed by atoms with E-state index < -0.39 is 0 Å². The maximum atomic E-state index is 11.8. The van der Waals surface area contributed by atoms with Crippen LogP contribution in [0.1, 0.15) is 18.9 Å². The van der Waals surface area contributed by atoms with Gasteiger partial charge in [-0.15, -0.1) is 0 Å². The molecule has 0 spiro atoms. The summed E-state index contributed by atoms with van der Waals surface area (Å²) >= 11 is 5.82. The van der Waals surface area contributed by atoms with E-state index in [1.54, 1.807) is 11.9 Å².